The van der Waals surface area contributed by atoms with E-state index in [0.29, 0.717) is 11.4 Å². The van der Waals surface area contributed by atoms with Crippen molar-refractivity contribution in [2.45, 2.75) is 19.4 Å². The number of hydrogen-bond acceptors (Lipinski definition) is 2. The van der Waals surface area contributed by atoms with E-state index in [2.05, 4.69) is 10.6 Å². The van der Waals surface area contributed by atoms with Gasteiger partial charge in [0, 0.05) is 6.07 Å². The Kier molecular flexibility index (Phi) is 2.12. The van der Waals surface area contributed by atoms with Crippen LogP contribution in [0.5, 0.6) is 0 Å². The van der Waals surface area contributed by atoms with Crippen molar-refractivity contribution in [3.8, 4) is 0 Å². The smallest absolute Gasteiger partial charge is 0.249 e. The second-order valence-electron chi connectivity index (χ2n) is 4.02. The summed E-state index contributed by atoms with van der Waals surface area (Å²) in [4.78, 5) is 11.6. The molecule has 0 atom stereocenters. The van der Waals surface area contributed by atoms with Gasteiger partial charge in [0.1, 0.15) is 11.4 Å². The maximum Gasteiger partial charge on any atom is 0.249 e. The Balaban J connectivity index is 2.51. The van der Waals surface area contributed by atoms with Gasteiger partial charge in [-0.1, -0.05) is 11.6 Å². The molecule has 1 aliphatic rings. The lowest BCUT2D eigenvalue weighted by atomic mass is 10.00. The van der Waals surface area contributed by atoms with Crippen molar-refractivity contribution < 1.29 is 9.18 Å². The van der Waals surface area contributed by atoms with E-state index in [1.807, 2.05) is 0 Å². The first-order chi connectivity index (χ1) is 6.90. The summed E-state index contributed by atoms with van der Waals surface area (Å²) in [5.41, 5.74) is 0.306. The van der Waals surface area contributed by atoms with E-state index < -0.39 is 11.4 Å². The average Bonchev–Trinajstić information content (AvgIpc) is 2.11. The molecule has 0 bridgehead atoms. The summed E-state index contributed by atoms with van der Waals surface area (Å²) in [6.45, 7) is 3.44. The average molecular weight is 229 g/mol. The topological polar surface area (TPSA) is 41.1 Å². The van der Waals surface area contributed by atoms with Crippen molar-refractivity contribution >= 4 is 28.9 Å². The summed E-state index contributed by atoms with van der Waals surface area (Å²) < 4.78 is 13.2. The molecule has 0 aromatic heterocycles. The lowest BCUT2D eigenvalue weighted by molar-refractivity contribution is -0.119. The lowest BCUT2D eigenvalue weighted by Gasteiger charge is -2.32. The van der Waals surface area contributed by atoms with Crippen LogP contribution < -0.4 is 10.6 Å². The van der Waals surface area contributed by atoms with Crippen LogP contribution in [0.4, 0.5) is 15.8 Å². The lowest BCUT2D eigenvalue weighted by Crippen LogP contribution is -2.47. The predicted octanol–water partition coefficient (Wildman–Crippen LogP) is 2.62. The largest absolute Gasteiger partial charge is 0.370 e. The van der Waals surface area contributed by atoms with Gasteiger partial charge in [-0.05, 0) is 19.9 Å². The van der Waals surface area contributed by atoms with Crippen molar-refractivity contribution in [3.63, 3.8) is 0 Å². The van der Waals surface area contributed by atoms with Gasteiger partial charge >= 0.3 is 0 Å². The number of halogens is 2. The summed E-state index contributed by atoms with van der Waals surface area (Å²) in [5.74, 6) is -0.674. The summed E-state index contributed by atoms with van der Waals surface area (Å²) >= 11 is 5.61. The predicted molar refractivity (Wildman–Crippen MR) is 57.7 cm³/mol. The first kappa shape index (κ1) is 10.2. The molecule has 0 fully saturated rings. The van der Waals surface area contributed by atoms with Gasteiger partial charge in [-0.2, -0.15) is 0 Å². The number of nitrogens with one attached hydrogen (secondary N) is 2. The van der Waals surface area contributed by atoms with Crippen LogP contribution >= 0.6 is 11.6 Å². The van der Waals surface area contributed by atoms with E-state index in [1.165, 1.54) is 12.1 Å². The van der Waals surface area contributed by atoms with Crippen LogP contribution in [0.3, 0.4) is 0 Å². The fourth-order valence-corrected chi connectivity index (χ4v) is 1.59. The van der Waals surface area contributed by atoms with Crippen LogP contribution in [0.2, 0.25) is 5.02 Å². The van der Waals surface area contributed by atoms with Crippen molar-refractivity contribution in [2.75, 3.05) is 10.6 Å². The summed E-state index contributed by atoms with van der Waals surface area (Å²) in [7, 11) is 0. The van der Waals surface area contributed by atoms with Gasteiger partial charge in [-0.15, -0.1) is 0 Å². The van der Waals surface area contributed by atoms with Crippen LogP contribution in [0.15, 0.2) is 12.1 Å². The summed E-state index contributed by atoms with van der Waals surface area (Å²) in [6.07, 6.45) is 0. The molecule has 2 N–H and O–H groups in total. The van der Waals surface area contributed by atoms with Crippen molar-refractivity contribution in [2.24, 2.45) is 0 Å². The Bertz CT molecular complexity index is 445. The fourth-order valence-electron chi connectivity index (χ4n) is 1.43. The normalized spacial score (nSPS) is 17.7. The molecule has 80 valence electrons. The maximum absolute atomic E-state index is 13.2. The summed E-state index contributed by atoms with van der Waals surface area (Å²) in [5, 5.41) is 5.60. The van der Waals surface area contributed by atoms with Gasteiger partial charge in [0.25, 0.3) is 0 Å². The zero-order chi connectivity index (χ0) is 11.2. The van der Waals surface area contributed by atoms with E-state index in [9.17, 15) is 9.18 Å². The minimum atomic E-state index is -0.743. The van der Waals surface area contributed by atoms with Gasteiger partial charge < -0.3 is 10.6 Å². The molecule has 2 rings (SSSR count). The number of hydrogen-bond donors (Lipinski definition) is 2. The third-order valence-electron chi connectivity index (χ3n) is 2.32. The molecular weight excluding hydrogens is 219 g/mol. The van der Waals surface area contributed by atoms with Crippen molar-refractivity contribution in [1.29, 1.82) is 0 Å². The number of anilines is 2. The van der Waals surface area contributed by atoms with Gasteiger partial charge in [0.05, 0.1) is 16.4 Å². The molecule has 0 radical (unpaired) electrons. The molecule has 5 heteroatoms. The molecule has 0 saturated heterocycles. The van der Waals surface area contributed by atoms with Crippen LogP contribution in [0.25, 0.3) is 0 Å². The highest BCUT2D eigenvalue weighted by Gasteiger charge is 2.33. The quantitative estimate of drug-likeness (QED) is 0.717. The fraction of sp³-hybridized carbons (Fsp3) is 0.300. The number of rotatable bonds is 0. The number of carbonyl (C=O) groups excluding carboxylic acids is 1. The second kappa shape index (κ2) is 3.10. The van der Waals surface area contributed by atoms with Gasteiger partial charge in [0.15, 0.2) is 0 Å². The Morgan fingerprint density at radius 2 is 2.00 bits per heavy atom. The Morgan fingerprint density at radius 1 is 1.33 bits per heavy atom. The molecule has 0 unspecified atom stereocenters. The minimum Gasteiger partial charge on any atom is -0.370 e. The first-order valence-electron chi connectivity index (χ1n) is 4.49. The van der Waals surface area contributed by atoms with E-state index in [0.717, 1.165) is 0 Å². The van der Waals surface area contributed by atoms with E-state index in [-0.39, 0.29) is 10.9 Å². The Morgan fingerprint density at radius 3 is 2.67 bits per heavy atom. The first-order valence-corrected chi connectivity index (χ1v) is 4.86. The van der Waals surface area contributed by atoms with Crippen LogP contribution in [-0.2, 0) is 4.79 Å². The van der Waals surface area contributed by atoms with Crippen molar-refractivity contribution in [1.82, 2.24) is 0 Å². The zero-order valence-electron chi connectivity index (χ0n) is 8.32. The second-order valence-corrected chi connectivity index (χ2v) is 4.42. The highest BCUT2D eigenvalue weighted by atomic mass is 35.5. The Hall–Kier alpha value is -1.29. The molecular formula is C10H10ClFN2O. The Labute approximate surface area is 91.6 Å². The minimum absolute atomic E-state index is 0.00411. The molecule has 1 aromatic carbocycles. The molecule has 0 aliphatic carbocycles. The van der Waals surface area contributed by atoms with Gasteiger partial charge in [-0.3, -0.25) is 4.79 Å². The monoisotopic (exact) mass is 228 g/mol. The van der Waals surface area contributed by atoms with Gasteiger partial charge in [-0.25, -0.2) is 4.39 Å². The number of carbonyl (C=O) groups is 1. The van der Waals surface area contributed by atoms with E-state index in [1.54, 1.807) is 13.8 Å². The molecule has 1 aliphatic heterocycles. The molecule has 3 nitrogen and oxygen atoms in total. The molecule has 1 aromatic rings. The van der Waals surface area contributed by atoms with Crippen LogP contribution in [-0.4, -0.2) is 11.4 Å². The highest BCUT2D eigenvalue weighted by molar-refractivity contribution is 6.31. The maximum atomic E-state index is 13.2. The molecule has 0 spiro atoms. The number of benzene rings is 1. The summed E-state index contributed by atoms with van der Waals surface area (Å²) in [6, 6.07) is 2.67. The van der Waals surface area contributed by atoms with Crippen molar-refractivity contribution in [3.05, 3.63) is 23.0 Å². The SMILES string of the molecule is CC1(C)Nc2cc(F)c(Cl)cc2NC1=O. The molecule has 1 heterocycles. The molecule has 15 heavy (non-hydrogen) atoms. The van der Waals surface area contributed by atoms with E-state index >= 15 is 0 Å². The molecule has 0 saturated carbocycles. The molecule has 1 amide bonds. The van der Waals surface area contributed by atoms with Crippen LogP contribution in [0, 0.1) is 5.82 Å². The van der Waals surface area contributed by atoms with Gasteiger partial charge in [0.2, 0.25) is 5.91 Å². The van der Waals surface area contributed by atoms with Crippen LogP contribution in [0.1, 0.15) is 13.8 Å². The zero-order valence-corrected chi connectivity index (χ0v) is 9.07. The number of amides is 1. The van der Waals surface area contributed by atoms with E-state index in [4.69, 9.17) is 11.6 Å². The third-order valence-corrected chi connectivity index (χ3v) is 2.61. The third kappa shape index (κ3) is 1.65. The number of fused-ring (bicyclic) bond motifs is 1. The highest BCUT2D eigenvalue weighted by Crippen LogP contribution is 2.34. The standard InChI is InChI=1S/C10H10ClFN2O/c1-10(2)9(15)13-7-3-5(11)6(12)4-8(7)14-10/h3-4,14H,1-2H3,(H,13,15).